The van der Waals surface area contributed by atoms with E-state index in [0.717, 1.165) is 31.2 Å². The third kappa shape index (κ3) is 5.06. The molecule has 2 aliphatic rings. The molecule has 156 valence electrons. The molecular formula is C21H31NO5S. The summed E-state index contributed by atoms with van der Waals surface area (Å²) in [4.78, 5) is 14.6. The number of carbonyl (C=O) groups excluding carboxylic acids is 1. The molecule has 28 heavy (non-hydrogen) atoms. The molecule has 2 bridgehead atoms. The SMILES string of the molecule is Cc1ccc(S(=O)(=O)OCCC2C[C@H]3CC[C@@H](C2)N3C(=O)OC(C)(C)C)cc1. The van der Waals surface area contributed by atoms with Crippen LogP contribution in [0.2, 0.25) is 0 Å². The van der Waals surface area contributed by atoms with Gasteiger partial charge in [-0.1, -0.05) is 17.7 Å². The monoisotopic (exact) mass is 409 g/mol. The maximum atomic E-state index is 12.5. The highest BCUT2D eigenvalue weighted by Crippen LogP contribution is 2.40. The van der Waals surface area contributed by atoms with Crippen LogP contribution in [0.15, 0.2) is 29.2 Å². The summed E-state index contributed by atoms with van der Waals surface area (Å²) in [6.07, 6.45) is 4.19. The number of aryl methyl sites for hydroxylation is 1. The summed E-state index contributed by atoms with van der Waals surface area (Å²) in [7, 11) is -3.72. The number of carbonyl (C=O) groups is 1. The minimum absolute atomic E-state index is 0.173. The number of hydrogen-bond donors (Lipinski definition) is 0. The van der Waals surface area contributed by atoms with Gasteiger partial charge in [0.15, 0.2) is 0 Å². The fourth-order valence-electron chi connectivity index (χ4n) is 4.24. The summed E-state index contributed by atoms with van der Waals surface area (Å²) in [5.41, 5.74) is 0.511. The van der Waals surface area contributed by atoms with E-state index in [4.69, 9.17) is 8.92 Å². The van der Waals surface area contributed by atoms with E-state index >= 15 is 0 Å². The smallest absolute Gasteiger partial charge is 0.410 e. The molecule has 1 unspecified atom stereocenters. The first kappa shape index (κ1) is 21.1. The number of benzene rings is 1. The second kappa shape index (κ2) is 8.03. The van der Waals surface area contributed by atoms with Gasteiger partial charge in [-0.25, -0.2) is 4.79 Å². The second-order valence-electron chi connectivity index (χ2n) is 8.99. The van der Waals surface area contributed by atoms with Crippen LogP contribution in [0, 0.1) is 12.8 Å². The Morgan fingerprint density at radius 3 is 2.21 bits per heavy atom. The van der Waals surface area contributed by atoms with Crippen LogP contribution in [0.4, 0.5) is 4.79 Å². The van der Waals surface area contributed by atoms with Gasteiger partial charge in [-0.15, -0.1) is 0 Å². The normalized spacial score (nSPS) is 25.0. The lowest BCUT2D eigenvalue weighted by Gasteiger charge is -2.39. The average molecular weight is 410 g/mol. The van der Waals surface area contributed by atoms with Crippen LogP contribution in [-0.4, -0.2) is 43.7 Å². The zero-order chi connectivity index (χ0) is 20.5. The lowest BCUT2D eigenvalue weighted by molar-refractivity contribution is 0.00106. The van der Waals surface area contributed by atoms with Gasteiger partial charge in [0.1, 0.15) is 5.60 Å². The highest BCUT2D eigenvalue weighted by atomic mass is 32.2. The molecule has 0 spiro atoms. The Morgan fingerprint density at radius 1 is 1.11 bits per heavy atom. The Bertz CT molecular complexity index is 783. The Labute approximate surface area is 168 Å². The summed E-state index contributed by atoms with van der Waals surface area (Å²) in [5.74, 6) is 0.365. The molecule has 2 heterocycles. The van der Waals surface area contributed by atoms with E-state index in [2.05, 4.69) is 0 Å². The van der Waals surface area contributed by atoms with Crippen molar-refractivity contribution >= 4 is 16.2 Å². The van der Waals surface area contributed by atoms with Crippen molar-refractivity contribution in [3.63, 3.8) is 0 Å². The molecule has 1 aromatic rings. The van der Waals surface area contributed by atoms with Crippen LogP contribution in [0.1, 0.15) is 58.4 Å². The minimum atomic E-state index is -3.72. The molecule has 2 fully saturated rings. The molecule has 1 amide bonds. The first-order valence-corrected chi connectivity index (χ1v) is 11.4. The van der Waals surface area contributed by atoms with Crippen LogP contribution in [0.3, 0.4) is 0 Å². The van der Waals surface area contributed by atoms with Gasteiger partial charge in [0.25, 0.3) is 10.1 Å². The molecule has 0 saturated carbocycles. The van der Waals surface area contributed by atoms with E-state index in [-0.39, 0.29) is 29.7 Å². The number of hydrogen-bond acceptors (Lipinski definition) is 5. The Balaban J connectivity index is 1.51. The van der Waals surface area contributed by atoms with Crippen molar-refractivity contribution in [2.45, 2.75) is 82.4 Å². The topological polar surface area (TPSA) is 72.9 Å². The van der Waals surface area contributed by atoms with Gasteiger partial charge in [-0.3, -0.25) is 4.18 Å². The Kier molecular flexibility index (Phi) is 6.05. The van der Waals surface area contributed by atoms with E-state index in [1.165, 1.54) is 0 Å². The van der Waals surface area contributed by atoms with Gasteiger partial charge in [0.05, 0.1) is 11.5 Å². The average Bonchev–Trinajstić information content (AvgIpc) is 2.85. The Hall–Kier alpha value is -1.60. The summed E-state index contributed by atoms with van der Waals surface area (Å²) in [6.45, 7) is 7.73. The molecule has 2 saturated heterocycles. The minimum Gasteiger partial charge on any atom is -0.444 e. The maximum Gasteiger partial charge on any atom is 0.410 e. The zero-order valence-corrected chi connectivity index (χ0v) is 18.0. The van der Waals surface area contributed by atoms with E-state index in [9.17, 15) is 13.2 Å². The number of rotatable bonds is 5. The maximum absolute atomic E-state index is 12.5. The molecule has 3 rings (SSSR count). The van der Waals surface area contributed by atoms with Crippen LogP contribution in [0.25, 0.3) is 0 Å². The number of amides is 1. The van der Waals surface area contributed by atoms with E-state index in [0.29, 0.717) is 12.3 Å². The Morgan fingerprint density at radius 2 is 1.68 bits per heavy atom. The summed E-state index contributed by atoms with van der Waals surface area (Å²) < 4.78 is 35.4. The predicted molar refractivity (Wildman–Crippen MR) is 107 cm³/mol. The molecule has 7 heteroatoms. The molecule has 3 atom stereocenters. The van der Waals surface area contributed by atoms with Crippen molar-refractivity contribution in [2.75, 3.05) is 6.61 Å². The van der Waals surface area contributed by atoms with Crippen LogP contribution in [0.5, 0.6) is 0 Å². The molecule has 6 nitrogen and oxygen atoms in total. The van der Waals surface area contributed by atoms with E-state index in [1.807, 2.05) is 32.6 Å². The first-order valence-electron chi connectivity index (χ1n) is 10.0. The third-order valence-corrected chi connectivity index (χ3v) is 6.84. The molecule has 0 N–H and O–H groups in total. The number of piperidine rings is 1. The van der Waals surface area contributed by atoms with Crippen LogP contribution >= 0.6 is 0 Å². The van der Waals surface area contributed by atoms with Crippen molar-refractivity contribution in [2.24, 2.45) is 5.92 Å². The van der Waals surface area contributed by atoms with Gasteiger partial charge < -0.3 is 9.64 Å². The molecule has 0 radical (unpaired) electrons. The fraction of sp³-hybridized carbons (Fsp3) is 0.667. The molecule has 2 aliphatic heterocycles. The summed E-state index contributed by atoms with van der Waals surface area (Å²) in [6, 6.07) is 7.05. The number of fused-ring (bicyclic) bond motifs is 2. The van der Waals surface area contributed by atoms with Crippen LogP contribution < -0.4 is 0 Å². The quantitative estimate of drug-likeness (QED) is 0.679. The van der Waals surface area contributed by atoms with Crippen LogP contribution in [-0.2, 0) is 19.0 Å². The van der Waals surface area contributed by atoms with Gasteiger partial charge in [-0.05, 0) is 77.8 Å². The number of ether oxygens (including phenoxy) is 1. The lowest BCUT2D eigenvalue weighted by Crippen LogP contribution is -2.48. The largest absolute Gasteiger partial charge is 0.444 e. The van der Waals surface area contributed by atoms with Crippen molar-refractivity contribution in [1.82, 2.24) is 4.90 Å². The van der Waals surface area contributed by atoms with Crippen molar-refractivity contribution in [1.29, 1.82) is 0 Å². The first-order chi connectivity index (χ1) is 13.0. The van der Waals surface area contributed by atoms with Crippen molar-refractivity contribution in [3.8, 4) is 0 Å². The van der Waals surface area contributed by atoms with Gasteiger partial charge in [-0.2, -0.15) is 8.42 Å². The molecular weight excluding hydrogens is 378 g/mol. The van der Waals surface area contributed by atoms with Gasteiger partial charge in [0.2, 0.25) is 0 Å². The third-order valence-electron chi connectivity index (χ3n) is 5.51. The van der Waals surface area contributed by atoms with Gasteiger partial charge in [0, 0.05) is 12.1 Å². The predicted octanol–water partition coefficient (Wildman–Crippen LogP) is 4.27. The van der Waals surface area contributed by atoms with Crippen molar-refractivity contribution < 1.29 is 22.1 Å². The van der Waals surface area contributed by atoms with Crippen molar-refractivity contribution in [3.05, 3.63) is 29.8 Å². The van der Waals surface area contributed by atoms with E-state index in [1.54, 1.807) is 24.3 Å². The highest BCUT2D eigenvalue weighted by Gasteiger charge is 2.44. The highest BCUT2D eigenvalue weighted by molar-refractivity contribution is 7.86. The van der Waals surface area contributed by atoms with E-state index < -0.39 is 15.7 Å². The van der Waals surface area contributed by atoms with Gasteiger partial charge >= 0.3 is 6.09 Å². The summed E-state index contributed by atoms with van der Waals surface area (Å²) in [5, 5.41) is 0. The molecule has 1 aromatic carbocycles. The number of nitrogens with zero attached hydrogens (tertiary/aromatic N) is 1. The standard InChI is InChI=1S/C21H31NO5S/c1-15-5-9-19(10-6-15)28(24,25)26-12-11-16-13-17-7-8-18(14-16)22(17)20(23)27-21(2,3)4/h5-6,9-10,16-18H,7-8,11-14H2,1-4H3/t16?,17-,18+. The second-order valence-corrected chi connectivity index (χ2v) is 10.6. The summed E-state index contributed by atoms with van der Waals surface area (Å²) >= 11 is 0. The molecule has 0 aromatic heterocycles. The molecule has 0 aliphatic carbocycles. The fourth-order valence-corrected chi connectivity index (χ4v) is 5.16. The lowest BCUT2D eigenvalue weighted by atomic mass is 9.89. The zero-order valence-electron chi connectivity index (χ0n) is 17.2.